The highest BCUT2D eigenvalue weighted by atomic mass is 14.7. The Balaban J connectivity index is 2.23. The Morgan fingerprint density at radius 3 is 2.53 bits per heavy atom. The van der Waals surface area contributed by atoms with E-state index in [0.29, 0.717) is 0 Å². The van der Waals surface area contributed by atoms with Gasteiger partial charge in [0.25, 0.3) is 0 Å². The summed E-state index contributed by atoms with van der Waals surface area (Å²) in [5.74, 6) is 0. The van der Waals surface area contributed by atoms with Gasteiger partial charge in [-0.2, -0.15) is 0 Å². The van der Waals surface area contributed by atoms with Crippen LogP contribution in [-0.4, -0.2) is 12.8 Å². The first-order valence-electron chi connectivity index (χ1n) is 5.32. The van der Waals surface area contributed by atoms with Crippen LogP contribution in [0.3, 0.4) is 0 Å². The number of dihydropyridines is 1. The summed E-state index contributed by atoms with van der Waals surface area (Å²) in [5, 5.41) is 0. The minimum atomic E-state index is 0.112. The van der Waals surface area contributed by atoms with Crippen molar-refractivity contribution in [3.63, 3.8) is 0 Å². The van der Waals surface area contributed by atoms with Crippen LogP contribution in [0.2, 0.25) is 0 Å². The lowest BCUT2D eigenvalue weighted by atomic mass is 9.98. The number of aliphatic imine (C=N–C) groups is 1. The first-order valence-corrected chi connectivity index (χ1v) is 5.32. The van der Waals surface area contributed by atoms with Gasteiger partial charge in [-0.1, -0.05) is 24.3 Å². The molecule has 2 heteroatoms. The van der Waals surface area contributed by atoms with Crippen LogP contribution in [0.5, 0.6) is 0 Å². The van der Waals surface area contributed by atoms with Gasteiger partial charge in [-0.3, -0.25) is 4.99 Å². The first-order chi connectivity index (χ1) is 7.27. The molecule has 2 rings (SSSR count). The standard InChI is InChI=1S/C13H16N2/c1-10(14)11-2-4-12(5-3-11)13-6-8-15-9-7-13/h2-6,8,10H,7,9,14H2,1H3/t10-/m1/s1. The Hall–Kier alpha value is -1.41. The number of benzene rings is 1. The van der Waals surface area contributed by atoms with Crippen LogP contribution in [0.15, 0.2) is 35.3 Å². The van der Waals surface area contributed by atoms with Crippen molar-refractivity contribution in [2.45, 2.75) is 19.4 Å². The highest BCUT2D eigenvalue weighted by Crippen LogP contribution is 2.21. The lowest BCUT2D eigenvalue weighted by Gasteiger charge is -2.11. The molecule has 1 heterocycles. The van der Waals surface area contributed by atoms with E-state index < -0.39 is 0 Å². The van der Waals surface area contributed by atoms with E-state index in [1.807, 2.05) is 13.1 Å². The monoisotopic (exact) mass is 200 g/mol. The van der Waals surface area contributed by atoms with E-state index in [1.165, 1.54) is 16.7 Å². The molecule has 1 aromatic carbocycles. The average molecular weight is 200 g/mol. The molecule has 0 aliphatic carbocycles. The van der Waals surface area contributed by atoms with Crippen molar-refractivity contribution in [3.05, 3.63) is 41.5 Å². The van der Waals surface area contributed by atoms with E-state index in [2.05, 4.69) is 35.3 Å². The Kier molecular flexibility index (Phi) is 2.97. The van der Waals surface area contributed by atoms with Crippen molar-refractivity contribution in [1.82, 2.24) is 0 Å². The topological polar surface area (TPSA) is 38.4 Å². The molecule has 2 nitrogen and oxygen atoms in total. The Morgan fingerprint density at radius 1 is 1.27 bits per heavy atom. The molecule has 0 saturated heterocycles. The second kappa shape index (κ2) is 4.41. The first kappa shape index (κ1) is 10.1. The molecule has 0 radical (unpaired) electrons. The quantitative estimate of drug-likeness (QED) is 0.782. The fraction of sp³-hybridized carbons (Fsp3) is 0.308. The molecule has 78 valence electrons. The smallest absolute Gasteiger partial charge is 0.0429 e. The van der Waals surface area contributed by atoms with Gasteiger partial charge >= 0.3 is 0 Å². The summed E-state index contributed by atoms with van der Waals surface area (Å²) < 4.78 is 0. The minimum Gasteiger partial charge on any atom is -0.324 e. The van der Waals surface area contributed by atoms with E-state index in [4.69, 9.17) is 5.73 Å². The fourth-order valence-electron chi connectivity index (χ4n) is 1.73. The molecular weight excluding hydrogens is 184 g/mol. The van der Waals surface area contributed by atoms with Crippen molar-refractivity contribution in [3.8, 4) is 0 Å². The summed E-state index contributed by atoms with van der Waals surface area (Å²) in [6.07, 6.45) is 5.01. The van der Waals surface area contributed by atoms with Gasteiger partial charge in [0.2, 0.25) is 0 Å². The zero-order valence-electron chi connectivity index (χ0n) is 8.98. The van der Waals surface area contributed by atoms with Crippen LogP contribution in [0.4, 0.5) is 0 Å². The van der Waals surface area contributed by atoms with E-state index >= 15 is 0 Å². The van der Waals surface area contributed by atoms with Gasteiger partial charge in [-0.05, 0) is 36.1 Å². The zero-order valence-corrected chi connectivity index (χ0v) is 8.98. The lowest BCUT2D eigenvalue weighted by molar-refractivity contribution is 0.818. The van der Waals surface area contributed by atoms with Crippen LogP contribution < -0.4 is 5.73 Å². The molecule has 1 atom stereocenters. The Morgan fingerprint density at radius 2 is 2.00 bits per heavy atom. The van der Waals surface area contributed by atoms with Gasteiger partial charge in [0, 0.05) is 18.8 Å². The molecule has 1 aliphatic rings. The van der Waals surface area contributed by atoms with Crippen LogP contribution in [-0.2, 0) is 0 Å². The zero-order chi connectivity index (χ0) is 10.7. The number of nitrogens with zero attached hydrogens (tertiary/aromatic N) is 1. The molecule has 1 aliphatic heterocycles. The predicted molar refractivity (Wildman–Crippen MR) is 65.0 cm³/mol. The summed E-state index contributed by atoms with van der Waals surface area (Å²) in [6, 6.07) is 8.60. The Bertz CT molecular complexity index is 386. The molecule has 0 amide bonds. The van der Waals surface area contributed by atoms with Gasteiger partial charge in [0.05, 0.1) is 0 Å². The van der Waals surface area contributed by atoms with Crippen LogP contribution in [0.1, 0.15) is 30.5 Å². The number of hydrogen-bond acceptors (Lipinski definition) is 2. The van der Waals surface area contributed by atoms with Crippen molar-refractivity contribution >= 4 is 11.8 Å². The van der Waals surface area contributed by atoms with Crippen molar-refractivity contribution in [1.29, 1.82) is 0 Å². The Labute approximate surface area is 90.5 Å². The third-order valence-electron chi connectivity index (χ3n) is 2.70. The predicted octanol–water partition coefficient (Wildman–Crippen LogP) is 2.56. The van der Waals surface area contributed by atoms with Gasteiger partial charge in [-0.15, -0.1) is 0 Å². The van der Waals surface area contributed by atoms with Crippen LogP contribution in [0, 0.1) is 0 Å². The summed E-state index contributed by atoms with van der Waals surface area (Å²) in [6.45, 7) is 2.91. The highest BCUT2D eigenvalue weighted by molar-refractivity contribution is 5.86. The maximum absolute atomic E-state index is 5.81. The lowest BCUT2D eigenvalue weighted by Crippen LogP contribution is -2.04. The number of hydrogen-bond donors (Lipinski definition) is 1. The second-order valence-electron chi connectivity index (χ2n) is 3.91. The van der Waals surface area contributed by atoms with E-state index in [1.54, 1.807) is 0 Å². The van der Waals surface area contributed by atoms with Crippen molar-refractivity contribution in [2.75, 3.05) is 6.54 Å². The SMILES string of the molecule is C[C@@H](N)c1ccc(C2=CC=NCC2)cc1. The van der Waals surface area contributed by atoms with Crippen LogP contribution in [0.25, 0.3) is 5.57 Å². The van der Waals surface area contributed by atoms with Crippen molar-refractivity contribution < 1.29 is 0 Å². The van der Waals surface area contributed by atoms with Crippen LogP contribution >= 0.6 is 0 Å². The van der Waals surface area contributed by atoms with Crippen molar-refractivity contribution in [2.24, 2.45) is 10.7 Å². The summed E-state index contributed by atoms with van der Waals surface area (Å²) in [4.78, 5) is 4.18. The summed E-state index contributed by atoms with van der Waals surface area (Å²) in [7, 11) is 0. The molecule has 0 fully saturated rings. The second-order valence-corrected chi connectivity index (χ2v) is 3.91. The summed E-state index contributed by atoms with van der Waals surface area (Å²) in [5.41, 5.74) is 9.64. The molecule has 0 aromatic heterocycles. The van der Waals surface area contributed by atoms with E-state index in [-0.39, 0.29) is 6.04 Å². The molecule has 0 saturated carbocycles. The van der Waals surface area contributed by atoms with Gasteiger partial charge in [-0.25, -0.2) is 0 Å². The largest absolute Gasteiger partial charge is 0.324 e. The van der Waals surface area contributed by atoms with Gasteiger partial charge in [0.15, 0.2) is 0 Å². The third kappa shape index (κ3) is 2.34. The fourth-order valence-corrected chi connectivity index (χ4v) is 1.73. The molecule has 0 spiro atoms. The molecule has 0 bridgehead atoms. The molecule has 0 unspecified atom stereocenters. The number of rotatable bonds is 2. The number of allylic oxidation sites excluding steroid dienone is 1. The minimum absolute atomic E-state index is 0.112. The van der Waals surface area contributed by atoms with E-state index in [9.17, 15) is 0 Å². The molecular formula is C13H16N2. The summed E-state index contributed by atoms with van der Waals surface area (Å²) >= 11 is 0. The maximum atomic E-state index is 5.81. The normalized spacial score (nSPS) is 17.3. The molecule has 2 N–H and O–H groups in total. The number of nitrogens with two attached hydrogens (primary N) is 1. The van der Waals surface area contributed by atoms with Gasteiger partial charge in [0.1, 0.15) is 0 Å². The molecule has 15 heavy (non-hydrogen) atoms. The highest BCUT2D eigenvalue weighted by Gasteiger charge is 2.04. The third-order valence-corrected chi connectivity index (χ3v) is 2.70. The maximum Gasteiger partial charge on any atom is 0.0429 e. The average Bonchev–Trinajstić information content (AvgIpc) is 2.30. The van der Waals surface area contributed by atoms with Gasteiger partial charge < -0.3 is 5.73 Å². The van der Waals surface area contributed by atoms with E-state index in [0.717, 1.165) is 13.0 Å². The molecule has 1 aromatic rings.